The summed E-state index contributed by atoms with van der Waals surface area (Å²) in [5, 5.41) is 3.56. The van der Waals surface area contributed by atoms with E-state index in [2.05, 4.69) is 28.8 Å². The number of hydrogen-bond acceptors (Lipinski definition) is 3. The van der Waals surface area contributed by atoms with Crippen LogP contribution in [-0.2, 0) is 0 Å². The van der Waals surface area contributed by atoms with Crippen LogP contribution in [0.25, 0.3) is 0 Å². The van der Waals surface area contributed by atoms with Gasteiger partial charge in [0, 0.05) is 30.9 Å². The van der Waals surface area contributed by atoms with Gasteiger partial charge in [-0.2, -0.15) is 0 Å². The summed E-state index contributed by atoms with van der Waals surface area (Å²) in [5.41, 5.74) is 1.01. The lowest BCUT2D eigenvalue weighted by atomic mass is 9.90. The third kappa shape index (κ3) is 4.03. The first kappa shape index (κ1) is 15.9. The molecule has 1 heterocycles. The average molecular weight is 302 g/mol. The van der Waals surface area contributed by atoms with Crippen molar-refractivity contribution in [3.8, 4) is 5.75 Å². The van der Waals surface area contributed by atoms with E-state index < -0.39 is 6.36 Å². The molecule has 0 aromatic heterocycles. The maximum atomic E-state index is 12.1. The van der Waals surface area contributed by atoms with Gasteiger partial charge < -0.3 is 15.0 Å². The van der Waals surface area contributed by atoms with E-state index in [1.165, 1.54) is 12.1 Å². The first-order valence-electron chi connectivity index (χ1n) is 7.23. The predicted octanol–water partition coefficient (Wildman–Crippen LogP) is 3.55. The second kappa shape index (κ2) is 6.13. The Labute approximate surface area is 123 Å². The number of rotatable bonds is 4. The van der Waals surface area contributed by atoms with E-state index in [9.17, 15) is 13.2 Å². The van der Waals surface area contributed by atoms with Crippen molar-refractivity contribution in [3.05, 3.63) is 24.3 Å². The Bertz CT molecular complexity index is 455. The van der Waals surface area contributed by atoms with Crippen molar-refractivity contribution in [2.24, 2.45) is 0 Å². The smallest absolute Gasteiger partial charge is 0.406 e. The fourth-order valence-electron chi connectivity index (χ4n) is 2.76. The molecule has 1 aromatic rings. The zero-order valence-electron chi connectivity index (χ0n) is 12.3. The lowest BCUT2D eigenvalue weighted by molar-refractivity contribution is -0.274. The summed E-state index contributed by atoms with van der Waals surface area (Å²) in [7, 11) is 0. The van der Waals surface area contributed by atoms with Gasteiger partial charge in [0.05, 0.1) is 0 Å². The highest BCUT2D eigenvalue weighted by molar-refractivity contribution is 5.50. The van der Waals surface area contributed by atoms with Gasteiger partial charge in [0.25, 0.3) is 0 Å². The molecule has 1 N–H and O–H groups in total. The largest absolute Gasteiger partial charge is 0.573 e. The molecule has 1 saturated heterocycles. The van der Waals surface area contributed by atoms with Crippen LogP contribution < -0.4 is 15.0 Å². The molecule has 1 fully saturated rings. The molecule has 0 unspecified atom stereocenters. The second-order valence-electron chi connectivity index (χ2n) is 5.38. The summed E-state index contributed by atoms with van der Waals surface area (Å²) >= 11 is 0. The maximum Gasteiger partial charge on any atom is 0.573 e. The highest BCUT2D eigenvalue weighted by Crippen LogP contribution is 2.28. The van der Waals surface area contributed by atoms with Crippen LogP contribution in [0.1, 0.15) is 26.7 Å². The molecule has 0 atom stereocenters. The number of benzene rings is 1. The van der Waals surface area contributed by atoms with Gasteiger partial charge in [-0.05, 0) is 37.1 Å². The zero-order chi connectivity index (χ0) is 15.5. The van der Waals surface area contributed by atoms with Gasteiger partial charge in [0.15, 0.2) is 0 Å². The molecule has 118 valence electrons. The number of alkyl halides is 3. The van der Waals surface area contributed by atoms with Crippen LogP contribution in [-0.4, -0.2) is 31.5 Å². The molecule has 0 bridgehead atoms. The Morgan fingerprint density at radius 1 is 1.19 bits per heavy atom. The molecule has 0 radical (unpaired) electrons. The van der Waals surface area contributed by atoms with E-state index in [4.69, 9.17) is 0 Å². The van der Waals surface area contributed by atoms with Gasteiger partial charge in [0.2, 0.25) is 0 Å². The molecule has 0 spiro atoms. The van der Waals surface area contributed by atoms with E-state index in [0.29, 0.717) is 0 Å². The molecule has 21 heavy (non-hydrogen) atoms. The third-order valence-corrected chi connectivity index (χ3v) is 4.16. The number of ether oxygens (including phenoxy) is 1. The molecule has 1 aliphatic heterocycles. The van der Waals surface area contributed by atoms with Crippen LogP contribution in [0.2, 0.25) is 0 Å². The summed E-state index contributed by atoms with van der Waals surface area (Å²) in [4.78, 5) is 2.21. The van der Waals surface area contributed by atoms with Crippen LogP contribution in [0, 0.1) is 0 Å². The average Bonchev–Trinajstić information content (AvgIpc) is 2.46. The summed E-state index contributed by atoms with van der Waals surface area (Å²) < 4.78 is 40.3. The van der Waals surface area contributed by atoms with E-state index in [0.717, 1.165) is 38.2 Å². The monoisotopic (exact) mass is 302 g/mol. The molecular formula is C15H21F3N2O. The van der Waals surface area contributed by atoms with E-state index in [1.807, 2.05) is 0 Å². The van der Waals surface area contributed by atoms with Crippen molar-refractivity contribution in [1.29, 1.82) is 0 Å². The number of hydrogen-bond donors (Lipinski definition) is 1. The van der Waals surface area contributed by atoms with Crippen LogP contribution in [0.4, 0.5) is 18.9 Å². The first-order valence-corrected chi connectivity index (χ1v) is 7.23. The zero-order valence-corrected chi connectivity index (χ0v) is 12.3. The Balaban J connectivity index is 2.08. The van der Waals surface area contributed by atoms with Crippen molar-refractivity contribution in [1.82, 2.24) is 5.32 Å². The van der Waals surface area contributed by atoms with Crippen molar-refractivity contribution in [2.75, 3.05) is 24.5 Å². The number of anilines is 1. The Morgan fingerprint density at radius 2 is 1.81 bits per heavy atom. The number of piperazine rings is 1. The molecule has 1 aliphatic rings. The van der Waals surface area contributed by atoms with Crippen molar-refractivity contribution >= 4 is 5.69 Å². The summed E-state index contributed by atoms with van der Waals surface area (Å²) in [6.45, 7) is 6.89. The minimum Gasteiger partial charge on any atom is -0.406 e. The summed E-state index contributed by atoms with van der Waals surface area (Å²) in [5.74, 6) is -0.182. The van der Waals surface area contributed by atoms with E-state index >= 15 is 0 Å². The van der Waals surface area contributed by atoms with Crippen molar-refractivity contribution in [2.45, 2.75) is 38.6 Å². The molecular weight excluding hydrogens is 281 g/mol. The quantitative estimate of drug-likeness (QED) is 0.920. The highest BCUT2D eigenvalue weighted by Gasteiger charge is 2.33. The summed E-state index contributed by atoms with van der Waals surface area (Å²) in [6.07, 6.45) is -2.60. The third-order valence-electron chi connectivity index (χ3n) is 4.16. The van der Waals surface area contributed by atoms with E-state index in [-0.39, 0.29) is 11.3 Å². The van der Waals surface area contributed by atoms with Crippen LogP contribution in [0.15, 0.2) is 24.3 Å². The van der Waals surface area contributed by atoms with Crippen molar-refractivity contribution < 1.29 is 17.9 Å². The summed E-state index contributed by atoms with van der Waals surface area (Å²) in [6, 6.07) is 6.10. The molecule has 0 amide bonds. The van der Waals surface area contributed by atoms with Crippen molar-refractivity contribution in [3.63, 3.8) is 0 Å². The Morgan fingerprint density at radius 3 is 2.33 bits per heavy atom. The number of halogens is 3. The fourth-order valence-corrected chi connectivity index (χ4v) is 2.76. The Hall–Kier alpha value is -1.43. The topological polar surface area (TPSA) is 24.5 Å². The van der Waals surface area contributed by atoms with Gasteiger partial charge in [-0.3, -0.25) is 0 Å². The first-order chi connectivity index (χ1) is 9.87. The maximum absolute atomic E-state index is 12.1. The minimum absolute atomic E-state index is 0.0827. The highest BCUT2D eigenvalue weighted by atomic mass is 19.4. The lowest BCUT2D eigenvalue weighted by Crippen LogP contribution is -2.60. The van der Waals surface area contributed by atoms with Gasteiger partial charge in [-0.1, -0.05) is 13.8 Å². The fraction of sp³-hybridized carbons (Fsp3) is 0.600. The van der Waals surface area contributed by atoms with Gasteiger partial charge >= 0.3 is 6.36 Å². The van der Waals surface area contributed by atoms with Gasteiger partial charge in [0.1, 0.15) is 5.75 Å². The molecule has 0 aliphatic carbocycles. The lowest BCUT2D eigenvalue weighted by Gasteiger charge is -2.44. The molecule has 0 saturated carbocycles. The molecule has 2 rings (SSSR count). The predicted molar refractivity (Wildman–Crippen MR) is 76.7 cm³/mol. The van der Waals surface area contributed by atoms with Crippen LogP contribution in [0.5, 0.6) is 5.75 Å². The van der Waals surface area contributed by atoms with E-state index in [1.54, 1.807) is 12.1 Å². The standard InChI is InChI=1S/C15H21F3N2O/c1-3-14(4-2)11-20(10-9-19-14)12-5-7-13(8-6-12)21-15(16,17)18/h5-8,19H,3-4,9-11H2,1-2H3. The minimum atomic E-state index is -4.64. The second-order valence-corrected chi connectivity index (χ2v) is 5.38. The molecule has 3 nitrogen and oxygen atoms in total. The SMILES string of the molecule is CCC1(CC)CN(c2ccc(OC(F)(F)F)cc2)CCN1. The molecule has 6 heteroatoms. The number of nitrogens with zero attached hydrogens (tertiary/aromatic N) is 1. The van der Waals surface area contributed by atoms with Crippen LogP contribution in [0.3, 0.4) is 0 Å². The Kier molecular flexibility index (Phi) is 4.66. The normalized spacial score (nSPS) is 18.6. The number of nitrogens with one attached hydrogen (secondary N) is 1. The van der Waals surface area contributed by atoms with Gasteiger partial charge in [-0.25, -0.2) is 0 Å². The van der Waals surface area contributed by atoms with Crippen LogP contribution >= 0.6 is 0 Å². The molecule has 1 aromatic carbocycles. The van der Waals surface area contributed by atoms with Gasteiger partial charge in [-0.15, -0.1) is 13.2 Å².